The lowest BCUT2D eigenvalue weighted by Gasteiger charge is -2.62. The predicted molar refractivity (Wildman–Crippen MR) is 136 cm³/mol. The minimum atomic E-state index is -0.529. The molecule has 1 saturated heterocycles. The average Bonchev–Trinajstić information content (AvgIpc) is 3.17. The van der Waals surface area contributed by atoms with Gasteiger partial charge in [-0.2, -0.15) is 0 Å². The van der Waals surface area contributed by atoms with Gasteiger partial charge in [0.1, 0.15) is 5.78 Å². The van der Waals surface area contributed by atoms with E-state index in [0.717, 1.165) is 64.9 Å². The minimum Gasteiger partial charge on any atom is -0.390 e. The molecule has 0 bridgehead atoms. The number of carbonyl (C=O) groups is 2. The molecule has 5 aliphatic rings. The number of hydrogen-bond donors (Lipinski definition) is 1. The zero-order valence-electron chi connectivity index (χ0n) is 22.6. The van der Waals surface area contributed by atoms with Gasteiger partial charge in [0.05, 0.1) is 18.8 Å². The number of piperazine rings is 1. The van der Waals surface area contributed by atoms with E-state index < -0.39 is 5.60 Å². The van der Waals surface area contributed by atoms with Crippen molar-refractivity contribution in [2.75, 3.05) is 46.4 Å². The fraction of sp³-hybridized carbons (Fsp3) is 0.931. The summed E-state index contributed by atoms with van der Waals surface area (Å²) in [7, 11) is 1.86. The Morgan fingerprint density at radius 1 is 0.943 bits per heavy atom. The predicted octanol–water partition coefficient (Wildman–Crippen LogP) is 3.76. The molecule has 4 aliphatic carbocycles. The number of methoxy groups -OCH3 is 1. The second-order valence-electron chi connectivity index (χ2n) is 13.4. The molecular formula is C29H48N2O4. The molecule has 5 fully saturated rings. The van der Waals surface area contributed by atoms with Crippen molar-refractivity contribution in [3.05, 3.63) is 0 Å². The summed E-state index contributed by atoms with van der Waals surface area (Å²) >= 11 is 0. The molecule has 198 valence electrons. The van der Waals surface area contributed by atoms with Gasteiger partial charge in [0.2, 0.25) is 5.91 Å². The number of Topliss-reactive ketones (excluding diaryl/α,β-unsaturated/α-hetero) is 1. The molecule has 1 amide bonds. The molecule has 0 aromatic carbocycles. The van der Waals surface area contributed by atoms with Crippen molar-refractivity contribution in [3.8, 4) is 0 Å². The number of rotatable bonds is 5. The highest BCUT2D eigenvalue weighted by Gasteiger charge is 2.63. The Hall–Kier alpha value is -0.980. The molecule has 35 heavy (non-hydrogen) atoms. The number of aliphatic hydroxyl groups is 1. The van der Waals surface area contributed by atoms with E-state index in [4.69, 9.17) is 4.74 Å². The van der Waals surface area contributed by atoms with Gasteiger partial charge >= 0.3 is 0 Å². The average molecular weight is 489 g/mol. The summed E-state index contributed by atoms with van der Waals surface area (Å²) in [4.78, 5) is 29.5. The van der Waals surface area contributed by atoms with Crippen LogP contribution in [0, 0.1) is 40.4 Å². The number of amides is 1. The highest BCUT2D eigenvalue weighted by atomic mass is 16.5. The van der Waals surface area contributed by atoms with Crippen molar-refractivity contribution in [2.45, 2.75) is 84.2 Å². The number of fused-ring (bicyclic) bond motifs is 5. The highest BCUT2D eigenvalue weighted by Crippen LogP contribution is 2.68. The molecular weight excluding hydrogens is 440 g/mol. The van der Waals surface area contributed by atoms with Gasteiger partial charge in [-0.3, -0.25) is 14.5 Å². The first-order valence-electron chi connectivity index (χ1n) is 14.3. The Morgan fingerprint density at radius 3 is 2.37 bits per heavy atom. The second kappa shape index (κ2) is 9.40. The van der Waals surface area contributed by atoms with Gasteiger partial charge in [-0.25, -0.2) is 0 Å². The summed E-state index contributed by atoms with van der Waals surface area (Å²) in [5.74, 6) is 3.33. The standard InChI is InChI=1S/C29H48N2O4/c1-20(32)31-15-13-30(14-16-31)18-26(33)25-8-7-23-22-6-5-21-17-27(2,34)11-12-29(21,19-35-4)24(22)9-10-28(23,25)3/h21-25,34H,5-19H2,1-4H3/t21-,22-,23?,24?,25+,27+,28-,29+/m0/s1. The van der Waals surface area contributed by atoms with Crippen LogP contribution in [0.4, 0.5) is 0 Å². The van der Waals surface area contributed by atoms with Crippen molar-refractivity contribution < 1.29 is 19.4 Å². The summed E-state index contributed by atoms with van der Waals surface area (Å²) in [6.07, 6.45) is 9.94. The summed E-state index contributed by atoms with van der Waals surface area (Å²) in [6.45, 7) is 10.6. The maximum atomic E-state index is 13.6. The van der Waals surface area contributed by atoms with E-state index in [2.05, 4.69) is 11.8 Å². The third-order valence-corrected chi connectivity index (χ3v) is 11.7. The van der Waals surface area contributed by atoms with E-state index in [1.165, 1.54) is 25.7 Å². The maximum Gasteiger partial charge on any atom is 0.219 e. The largest absolute Gasteiger partial charge is 0.390 e. The van der Waals surface area contributed by atoms with Crippen molar-refractivity contribution >= 4 is 11.7 Å². The van der Waals surface area contributed by atoms with Crippen molar-refractivity contribution in [1.82, 2.24) is 9.80 Å². The molecule has 1 N–H and O–H groups in total. The van der Waals surface area contributed by atoms with Gasteiger partial charge in [-0.05, 0) is 99.2 Å². The van der Waals surface area contributed by atoms with Crippen molar-refractivity contribution in [3.63, 3.8) is 0 Å². The Labute approximate surface area is 212 Å². The molecule has 4 saturated carbocycles. The summed E-state index contributed by atoms with van der Waals surface area (Å²) in [5.41, 5.74) is -0.195. The topological polar surface area (TPSA) is 70.1 Å². The Morgan fingerprint density at radius 2 is 1.69 bits per heavy atom. The molecule has 6 heteroatoms. The van der Waals surface area contributed by atoms with E-state index in [1.54, 1.807) is 6.92 Å². The fourth-order valence-electron chi connectivity index (χ4n) is 9.86. The van der Waals surface area contributed by atoms with E-state index in [1.807, 2.05) is 18.9 Å². The first kappa shape index (κ1) is 25.7. The van der Waals surface area contributed by atoms with Gasteiger partial charge in [-0.15, -0.1) is 0 Å². The zero-order valence-corrected chi connectivity index (χ0v) is 22.6. The molecule has 1 heterocycles. The third kappa shape index (κ3) is 4.40. The lowest BCUT2D eigenvalue weighted by molar-refractivity contribution is -0.175. The van der Waals surface area contributed by atoms with Crippen LogP contribution in [0.5, 0.6) is 0 Å². The second-order valence-corrected chi connectivity index (χ2v) is 13.4. The monoisotopic (exact) mass is 488 g/mol. The van der Waals surface area contributed by atoms with Crippen LogP contribution >= 0.6 is 0 Å². The van der Waals surface area contributed by atoms with E-state index >= 15 is 0 Å². The first-order chi connectivity index (χ1) is 16.6. The van der Waals surface area contributed by atoms with Crippen LogP contribution in [-0.4, -0.2) is 78.6 Å². The lowest BCUT2D eigenvalue weighted by atomic mass is 9.43. The molecule has 0 aromatic rings. The zero-order chi connectivity index (χ0) is 25.0. The van der Waals surface area contributed by atoms with Gasteiger partial charge in [-0.1, -0.05) is 6.92 Å². The van der Waals surface area contributed by atoms with E-state index in [9.17, 15) is 14.7 Å². The fourth-order valence-corrected chi connectivity index (χ4v) is 9.86. The minimum absolute atomic E-state index is 0.126. The van der Waals surface area contributed by atoms with Crippen molar-refractivity contribution in [2.24, 2.45) is 40.4 Å². The SMILES string of the molecule is COC[C@]12CC[C@@](C)(O)C[C@@H]1CC[C@@H]1C2CC[C@@]2(C)C1CC[C@@H]2C(=O)CN1CCN(C(C)=O)CC1. The van der Waals surface area contributed by atoms with E-state index in [-0.39, 0.29) is 22.7 Å². The number of ether oxygens (including phenoxy) is 1. The van der Waals surface area contributed by atoms with E-state index in [0.29, 0.717) is 36.0 Å². The van der Waals surface area contributed by atoms with Gasteiger partial charge in [0.25, 0.3) is 0 Å². The van der Waals surface area contributed by atoms with Crippen LogP contribution in [0.2, 0.25) is 0 Å². The summed E-state index contributed by atoms with van der Waals surface area (Å²) in [6, 6.07) is 0. The Kier molecular flexibility index (Phi) is 6.89. The number of hydrogen-bond acceptors (Lipinski definition) is 5. The number of ketones is 1. The van der Waals surface area contributed by atoms with Gasteiger partial charge in [0, 0.05) is 46.1 Å². The Balaban J connectivity index is 1.28. The smallest absolute Gasteiger partial charge is 0.219 e. The molecule has 8 atom stereocenters. The molecule has 2 unspecified atom stereocenters. The molecule has 0 aromatic heterocycles. The van der Waals surface area contributed by atoms with Crippen LogP contribution in [0.25, 0.3) is 0 Å². The lowest BCUT2D eigenvalue weighted by Crippen LogP contribution is -2.58. The van der Waals surface area contributed by atoms with Crippen LogP contribution in [0.15, 0.2) is 0 Å². The van der Waals surface area contributed by atoms with Gasteiger partial charge < -0.3 is 14.7 Å². The van der Waals surface area contributed by atoms with Crippen molar-refractivity contribution in [1.29, 1.82) is 0 Å². The quantitative estimate of drug-likeness (QED) is 0.638. The van der Waals surface area contributed by atoms with Crippen LogP contribution in [0.3, 0.4) is 0 Å². The third-order valence-electron chi connectivity index (χ3n) is 11.7. The molecule has 0 radical (unpaired) electrons. The van der Waals surface area contributed by atoms with Crippen LogP contribution in [0.1, 0.15) is 78.6 Å². The summed E-state index contributed by atoms with van der Waals surface area (Å²) < 4.78 is 5.90. The summed E-state index contributed by atoms with van der Waals surface area (Å²) in [5, 5.41) is 10.9. The Bertz CT molecular complexity index is 821. The molecule has 6 nitrogen and oxygen atoms in total. The van der Waals surface area contributed by atoms with Crippen LogP contribution in [-0.2, 0) is 14.3 Å². The highest BCUT2D eigenvalue weighted by molar-refractivity contribution is 5.84. The number of carbonyl (C=O) groups excluding carboxylic acids is 2. The number of nitrogens with zero attached hydrogens (tertiary/aromatic N) is 2. The molecule has 5 rings (SSSR count). The first-order valence-corrected chi connectivity index (χ1v) is 14.3. The van der Waals surface area contributed by atoms with Crippen LogP contribution < -0.4 is 0 Å². The normalized spacial score (nSPS) is 46.0. The van der Waals surface area contributed by atoms with Gasteiger partial charge in [0.15, 0.2) is 0 Å². The maximum absolute atomic E-state index is 13.6. The molecule has 0 spiro atoms. The molecule has 1 aliphatic heterocycles.